The molecule has 0 aromatic heterocycles. The number of benzene rings is 1. The fourth-order valence-corrected chi connectivity index (χ4v) is 1.04. The topological polar surface area (TPSA) is 37.3 Å². The van der Waals surface area contributed by atoms with Gasteiger partial charge in [0.25, 0.3) is 0 Å². The number of aryl methyl sites for hydroxylation is 1. The van der Waals surface area contributed by atoms with E-state index < -0.39 is 5.97 Å². The molecule has 0 aliphatic rings. The Morgan fingerprint density at radius 1 is 1.42 bits per heavy atom. The van der Waals surface area contributed by atoms with Crippen molar-refractivity contribution in [3.05, 3.63) is 35.4 Å². The van der Waals surface area contributed by atoms with Crippen LogP contribution in [0.4, 0.5) is 0 Å². The molecule has 64 valence electrons. The maximum absolute atomic E-state index is 10.6. The van der Waals surface area contributed by atoms with Crippen molar-refractivity contribution >= 4 is 5.97 Å². The van der Waals surface area contributed by atoms with Gasteiger partial charge in [0.15, 0.2) is 0 Å². The second-order valence-electron chi connectivity index (χ2n) is 2.32. The number of aromatic carboxylic acids is 1. The van der Waals surface area contributed by atoms with Gasteiger partial charge >= 0.3 is 5.97 Å². The smallest absolute Gasteiger partial charge is 0.335 e. The zero-order chi connectivity index (χ0) is 8.27. The molecule has 0 radical (unpaired) electrons. The molecule has 0 saturated carbocycles. The third kappa shape index (κ3) is 2.45. The molecule has 2 nitrogen and oxygen atoms in total. The van der Waals surface area contributed by atoms with Gasteiger partial charge in [0.2, 0.25) is 0 Å². The number of hydrogen-bond acceptors (Lipinski definition) is 1. The molecule has 0 fully saturated rings. The Labute approximate surface area is 85.9 Å². The summed E-state index contributed by atoms with van der Waals surface area (Å²) in [5.41, 5.74) is 1.30. The summed E-state index contributed by atoms with van der Waals surface area (Å²) >= 11 is 0. The van der Waals surface area contributed by atoms with Crippen molar-refractivity contribution in [3.63, 3.8) is 0 Å². The second-order valence-corrected chi connectivity index (χ2v) is 2.32. The van der Waals surface area contributed by atoms with Crippen molar-refractivity contribution in [1.82, 2.24) is 0 Å². The summed E-state index contributed by atoms with van der Waals surface area (Å²) in [6.07, 6.45) is 0.766. The van der Waals surface area contributed by atoms with Crippen molar-refractivity contribution in [3.8, 4) is 0 Å². The molecule has 0 aliphatic heterocycles. The molecule has 12 heavy (non-hydrogen) atoms. The summed E-state index contributed by atoms with van der Waals surface area (Å²) in [7, 11) is 0. The monoisotopic (exact) mass is 334 g/mol. The average Bonchev–Trinajstić information content (AvgIpc) is 2.04. The second kappa shape index (κ2) is 5.10. The van der Waals surface area contributed by atoms with E-state index >= 15 is 0 Å². The van der Waals surface area contributed by atoms with Crippen LogP contribution in [0, 0.1) is 0 Å². The molecule has 1 aromatic rings. The van der Waals surface area contributed by atoms with Gasteiger partial charge in [0.05, 0.1) is 5.56 Å². The molecule has 1 rings (SSSR count). The van der Waals surface area contributed by atoms with Crippen LogP contribution in [0.3, 0.4) is 0 Å². The molecular formula is C9H10O2W. The van der Waals surface area contributed by atoms with Gasteiger partial charge < -0.3 is 5.11 Å². The van der Waals surface area contributed by atoms with Crippen molar-refractivity contribution in [2.75, 3.05) is 0 Å². The summed E-state index contributed by atoms with van der Waals surface area (Å²) in [5.74, 6) is -0.845. The zero-order valence-electron chi connectivity index (χ0n) is 6.78. The van der Waals surface area contributed by atoms with Gasteiger partial charge in [-0.1, -0.05) is 25.1 Å². The normalized spacial score (nSPS) is 8.75. The van der Waals surface area contributed by atoms with Crippen LogP contribution in [0.25, 0.3) is 0 Å². The van der Waals surface area contributed by atoms with Gasteiger partial charge in [-0.3, -0.25) is 0 Å². The summed E-state index contributed by atoms with van der Waals surface area (Å²) < 4.78 is 0. The molecule has 0 bridgehead atoms. The van der Waals surface area contributed by atoms with Crippen LogP contribution in [0.1, 0.15) is 22.8 Å². The van der Waals surface area contributed by atoms with Gasteiger partial charge in [-0.15, -0.1) is 0 Å². The molecule has 0 saturated heterocycles. The van der Waals surface area contributed by atoms with Crippen LogP contribution in [0.15, 0.2) is 24.3 Å². The van der Waals surface area contributed by atoms with E-state index in [9.17, 15) is 4.79 Å². The van der Waals surface area contributed by atoms with Crippen LogP contribution in [-0.4, -0.2) is 11.1 Å². The summed E-state index contributed by atoms with van der Waals surface area (Å²) in [4.78, 5) is 10.6. The maximum Gasteiger partial charge on any atom is 0.335 e. The molecule has 0 heterocycles. The molecule has 1 aromatic carbocycles. The Bertz CT molecular complexity index is 271. The van der Waals surface area contributed by atoms with E-state index in [1.165, 1.54) is 0 Å². The minimum absolute atomic E-state index is 0. The fraction of sp³-hybridized carbons (Fsp3) is 0.222. The SMILES string of the molecule is CCc1ccccc1C(=O)O.[W]. The minimum Gasteiger partial charge on any atom is -0.478 e. The summed E-state index contributed by atoms with van der Waals surface area (Å²) in [5, 5.41) is 8.70. The Morgan fingerprint density at radius 3 is 2.42 bits per heavy atom. The van der Waals surface area contributed by atoms with E-state index in [0.717, 1.165) is 12.0 Å². The summed E-state index contributed by atoms with van der Waals surface area (Å²) in [6.45, 7) is 1.95. The molecule has 0 amide bonds. The molecule has 3 heteroatoms. The van der Waals surface area contributed by atoms with Gasteiger partial charge in [-0.2, -0.15) is 0 Å². The molecule has 0 atom stereocenters. The van der Waals surface area contributed by atoms with Gasteiger partial charge in [0, 0.05) is 21.1 Å². The number of hydrogen-bond donors (Lipinski definition) is 1. The standard InChI is InChI=1S/C9H10O2.W/c1-2-7-5-3-4-6-8(7)9(10)11;/h3-6H,2H2,1H3,(H,10,11);. The Kier molecular flexibility index (Phi) is 4.84. The van der Waals surface area contributed by atoms with Gasteiger partial charge in [-0.05, 0) is 18.1 Å². The van der Waals surface area contributed by atoms with E-state index in [4.69, 9.17) is 5.11 Å². The number of carboxylic acid groups (broad SMARTS) is 1. The Morgan fingerprint density at radius 2 is 2.00 bits per heavy atom. The first-order valence-corrected chi connectivity index (χ1v) is 3.57. The molecule has 0 aliphatic carbocycles. The van der Waals surface area contributed by atoms with Crippen molar-refractivity contribution in [1.29, 1.82) is 0 Å². The average molecular weight is 334 g/mol. The quantitative estimate of drug-likeness (QED) is 0.898. The van der Waals surface area contributed by atoms with Gasteiger partial charge in [0.1, 0.15) is 0 Å². The third-order valence-corrected chi connectivity index (χ3v) is 1.63. The number of carboxylic acids is 1. The van der Waals surface area contributed by atoms with Crippen LogP contribution in [-0.2, 0) is 27.5 Å². The largest absolute Gasteiger partial charge is 0.478 e. The Hall–Kier alpha value is -0.622. The first kappa shape index (κ1) is 11.4. The predicted molar refractivity (Wildman–Crippen MR) is 42.8 cm³/mol. The fourth-order valence-electron chi connectivity index (χ4n) is 1.04. The first-order valence-electron chi connectivity index (χ1n) is 3.57. The van der Waals surface area contributed by atoms with Crippen molar-refractivity contribution in [2.45, 2.75) is 13.3 Å². The van der Waals surface area contributed by atoms with E-state index in [-0.39, 0.29) is 21.1 Å². The molecule has 0 spiro atoms. The number of carbonyl (C=O) groups is 1. The third-order valence-electron chi connectivity index (χ3n) is 1.63. The molecule has 1 N–H and O–H groups in total. The van der Waals surface area contributed by atoms with Crippen molar-refractivity contribution < 1.29 is 31.0 Å². The van der Waals surface area contributed by atoms with Crippen molar-refractivity contribution in [2.24, 2.45) is 0 Å². The molecular weight excluding hydrogens is 324 g/mol. The van der Waals surface area contributed by atoms with E-state index in [0.29, 0.717) is 5.56 Å². The van der Waals surface area contributed by atoms with Gasteiger partial charge in [-0.25, -0.2) is 4.79 Å². The summed E-state index contributed by atoms with van der Waals surface area (Å²) in [6, 6.07) is 7.05. The minimum atomic E-state index is -0.845. The first-order chi connectivity index (χ1) is 5.25. The van der Waals surface area contributed by atoms with E-state index in [1.54, 1.807) is 12.1 Å². The maximum atomic E-state index is 10.6. The van der Waals surface area contributed by atoms with E-state index in [2.05, 4.69) is 0 Å². The van der Waals surface area contributed by atoms with Crippen LogP contribution >= 0.6 is 0 Å². The predicted octanol–water partition coefficient (Wildman–Crippen LogP) is 1.94. The van der Waals surface area contributed by atoms with Crippen LogP contribution in [0.2, 0.25) is 0 Å². The zero-order valence-corrected chi connectivity index (χ0v) is 9.71. The van der Waals surface area contributed by atoms with Crippen LogP contribution < -0.4 is 0 Å². The van der Waals surface area contributed by atoms with Crippen LogP contribution in [0.5, 0.6) is 0 Å². The Balaban J connectivity index is 0.00000121. The number of rotatable bonds is 2. The van der Waals surface area contributed by atoms with E-state index in [1.807, 2.05) is 19.1 Å². The molecule has 0 unspecified atom stereocenters.